The molecule has 0 N–H and O–H groups in total. The predicted octanol–water partition coefficient (Wildman–Crippen LogP) is 5.62. The summed E-state index contributed by atoms with van der Waals surface area (Å²) in [5, 5.41) is -0.969. The van der Waals surface area contributed by atoms with Crippen LogP contribution in [0.1, 0.15) is 84.0 Å². The normalized spacial score (nSPS) is 35.9. The summed E-state index contributed by atoms with van der Waals surface area (Å²) in [5.41, 5.74) is 0. The van der Waals surface area contributed by atoms with Gasteiger partial charge in [0.25, 0.3) is 0 Å². The maximum Gasteiger partial charge on any atom is 0.391 e. The van der Waals surface area contributed by atoms with E-state index in [0.29, 0.717) is 25.9 Å². The molecule has 0 bridgehead atoms. The smallest absolute Gasteiger partial charge is 0.378 e. The highest BCUT2D eigenvalue weighted by molar-refractivity contribution is 7.89. The molecular formula is C22H37F4NO3S. The van der Waals surface area contributed by atoms with E-state index in [9.17, 15) is 26.0 Å². The van der Waals surface area contributed by atoms with Gasteiger partial charge in [0.1, 0.15) is 6.17 Å². The van der Waals surface area contributed by atoms with E-state index < -0.39 is 33.5 Å². The summed E-state index contributed by atoms with van der Waals surface area (Å²) in [7, 11) is -3.82. The second-order valence-electron chi connectivity index (χ2n) is 9.61. The van der Waals surface area contributed by atoms with Gasteiger partial charge >= 0.3 is 6.18 Å². The molecule has 0 aliphatic heterocycles. The average molecular weight is 472 g/mol. The molecular weight excluding hydrogens is 434 g/mol. The molecule has 0 heterocycles. The van der Waals surface area contributed by atoms with Crippen molar-refractivity contribution in [2.45, 2.75) is 114 Å². The van der Waals surface area contributed by atoms with Crippen molar-refractivity contribution < 1.29 is 30.7 Å². The number of nitrogens with zero attached hydrogens (tertiary/aromatic N) is 1. The molecule has 0 aromatic heterocycles. The molecule has 182 valence electrons. The lowest BCUT2D eigenvalue weighted by molar-refractivity contribution is -0.181. The maximum atomic E-state index is 14.1. The topological polar surface area (TPSA) is 46.6 Å². The Morgan fingerprint density at radius 3 is 2.32 bits per heavy atom. The highest BCUT2D eigenvalue weighted by Crippen LogP contribution is 2.41. The summed E-state index contributed by atoms with van der Waals surface area (Å²) in [6.45, 7) is 2.37. The van der Waals surface area contributed by atoms with Crippen LogP contribution in [0.4, 0.5) is 17.6 Å². The van der Waals surface area contributed by atoms with Gasteiger partial charge in [-0.3, -0.25) is 0 Å². The molecule has 9 heteroatoms. The van der Waals surface area contributed by atoms with E-state index in [0.717, 1.165) is 32.1 Å². The molecule has 6 unspecified atom stereocenters. The molecule has 3 aliphatic carbocycles. The summed E-state index contributed by atoms with van der Waals surface area (Å²) in [4.78, 5) is 0. The summed E-state index contributed by atoms with van der Waals surface area (Å²) >= 11 is 0. The van der Waals surface area contributed by atoms with Gasteiger partial charge in [-0.25, -0.2) is 12.8 Å². The Hall–Kier alpha value is -0.410. The minimum atomic E-state index is -4.34. The van der Waals surface area contributed by atoms with Crippen molar-refractivity contribution >= 4 is 10.0 Å². The zero-order valence-electron chi connectivity index (χ0n) is 18.5. The van der Waals surface area contributed by atoms with Gasteiger partial charge in [0, 0.05) is 18.5 Å². The van der Waals surface area contributed by atoms with E-state index in [-0.39, 0.29) is 50.3 Å². The van der Waals surface area contributed by atoms with Gasteiger partial charge < -0.3 is 4.74 Å². The van der Waals surface area contributed by atoms with Gasteiger partial charge in [0.15, 0.2) is 0 Å². The number of hydrogen-bond donors (Lipinski definition) is 0. The number of halogens is 4. The van der Waals surface area contributed by atoms with E-state index in [4.69, 9.17) is 4.74 Å². The lowest BCUT2D eigenvalue weighted by atomic mass is 9.88. The van der Waals surface area contributed by atoms with Crippen LogP contribution in [0, 0.1) is 11.8 Å². The number of rotatable bonds is 7. The van der Waals surface area contributed by atoms with Crippen LogP contribution >= 0.6 is 0 Å². The van der Waals surface area contributed by atoms with E-state index in [2.05, 4.69) is 0 Å². The van der Waals surface area contributed by atoms with Crippen LogP contribution in [0.3, 0.4) is 0 Å². The van der Waals surface area contributed by atoms with Gasteiger partial charge in [-0.2, -0.15) is 17.5 Å². The summed E-state index contributed by atoms with van der Waals surface area (Å²) < 4.78 is 87.8. The van der Waals surface area contributed by atoms with Gasteiger partial charge in [-0.05, 0) is 57.8 Å². The second-order valence-corrected chi connectivity index (χ2v) is 11.8. The van der Waals surface area contributed by atoms with Crippen molar-refractivity contribution in [1.82, 2.24) is 4.31 Å². The van der Waals surface area contributed by atoms with Crippen LogP contribution in [-0.4, -0.2) is 55.6 Å². The number of sulfonamides is 1. The summed E-state index contributed by atoms with van der Waals surface area (Å²) in [6.07, 6.45) is 1.16. The van der Waals surface area contributed by atoms with E-state index in [1.54, 1.807) is 6.92 Å². The van der Waals surface area contributed by atoms with Crippen molar-refractivity contribution in [2.24, 2.45) is 11.8 Å². The van der Waals surface area contributed by atoms with Gasteiger partial charge in [0.05, 0.1) is 23.9 Å². The lowest BCUT2D eigenvalue weighted by Crippen LogP contribution is -2.49. The monoisotopic (exact) mass is 471 g/mol. The third-order valence-corrected chi connectivity index (χ3v) is 10.00. The fourth-order valence-electron chi connectivity index (χ4n) is 5.69. The van der Waals surface area contributed by atoms with E-state index in [1.807, 2.05) is 0 Å². The Morgan fingerprint density at radius 1 is 0.935 bits per heavy atom. The standard InChI is InChI=1S/C22H37F4NO3S/c1-2-27(31(28,29)20-11-5-8-17(13-20)22(24,25)26)18-9-6-10-19(14-18)30-15-16-7-3-4-12-21(16)23/h16-21H,2-15H2,1H3. The number of hydrogen-bond acceptors (Lipinski definition) is 3. The number of ether oxygens (including phenoxy) is 1. The third kappa shape index (κ3) is 6.34. The fourth-order valence-corrected chi connectivity index (χ4v) is 7.98. The molecule has 6 atom stereocenters. The van der Waals surface area contributed by atoms with Crippen LogP contribution in [0.25, 0.3) is 0 Å². The molecule has 0 aromatic carbocycles. The largest absolute Gasteiger partial charge is 0.391 e. The molecule has 0 amide bonds. The Morgan fingerprint density at radius 2 is 1.65 bits per heavy atom. The molecule has 0 saturated heterocycles. The van der Waals surface area contributed by atoms with Crippen LogP contribution in [0.2, 0.25) is 0 Å². The van der Waals surface area contributed by atoms with Gasteiger partial charge in [-0.1, -0.05) is 26.2 Å². The van der Waals surface area contributed by atoms with Crippen LogP contribution in [-0.2, 0) is 14.8 Å². The average Bonchev–Trinajstić information content (AvgIpc) is 2.73. The SMILES string of the molecule is CCN(C1CCCC(OCC2CCCCC2F)C1)S(=O)(=O)C1CCCC(C(F)(F)F)C1. The first-order chi connectivity index (χ1) is 14.6. The first-order valence-corrected chi connectivity index (χ1v) is 13.5. The maximum absolute atomic E-state index is 14.1. The van der Waals surface area contributed by atoms with E-state index >= 15 is 0 Å². The first-order valence-electron chi connectivity index (χ1n) is 12.0. The molecule has 0 spiro atoms. The van der Waals surface area contributed by atoms with Crippen LogP contribution in [0.15, 0.2) is 0 Å². The molecule has 3 aliphatic rings. The molecule has 31 heavy (non-hydrogen) atoms. The van der Waals surface area contributed by atoms with Crippen molar-refractivity contribution in [3.8, 4) is 0 Å². The molecule has 3 rings (SSSR count). The van der Waals surface area contributed by atoms with Crippen molar-refractivity contribution in [3.05, 3.63) is 0 Å². The Kier molecular flexibility index (Phi) is 8.69. The minimum Gasteiger partial charge on any atom is -0.378 e. The number of alkyl halides is 4. The summed E-state index contributed by atoms with van der Waals surface area (Å²) in [5.74, 6) is -1.62. The highest BCUT2D eigenvalue weighted by atomic mass is 32.2. The molecule has 3 saturated carbocycles. The zero-order valence-corrected chi connectivity index (χ0v) is 19.3. The zero-order chi connectivity index (χ0) is 22.6. The molecule has 4 nitrogen and oxygen atoms in total. The fraction of sp³-hybridized carbons (Fsp3) is 1.00. The van der Waals surface area contributed by atoms with Crippen molar-refractivity contribution in [1.29, 1.82) is 0 Å². The Labute approximate surface area is 184 Å². The van der Waals surface area contributed by atoms with Crippen LogP contribution < -0.4 is 0 Å². The Balaban J connectivity index is 1.61. The second kappa shape index (κ2) is 10.7. The lowest BCUT2D eigenvalue weighted by Gasteiger charge is -2.40. The van der Waals surface area contributed by atoms with E-state index in [1.165, 1.54) is 4.31 Å². The highest BCUT2D eigenvalue weighted by Gasteiger charge is 2.47. The summed E-state index contributed by atoms with van der Waals surface area (Å²) in [6, 6.07) is -0.257. The van der Waals surface area contributed by atoms with Gasteiger partial charge in [-0.15, -0.1) is 0 Å². The van der Waals surface area contributed by atoms with Crippen LogP contribution in [0.5, 0.6) is 0 Å². The first kappa shape index (κ1) is 25.2. The van der Waals surface area contributed by atoms with Gasteiger partial charge in [0.2, 0.25) is 10.0 Å². The molecule has 0 aromatic rings. The third-order valence-electron chi connectivity index (χ3n) is 7.52. The quantitative estimate of drug-likeness (QED) is 0.453. The van der Waals surface area contributed by atoms with Crippen molar-refractivity contribution in [3.63, 3.8) is 0 Å². The minimum absolute atomic E-state index is 0.0116. The predicted molar refractivity (Wildman–Crippen MR) is 112 cm³/mol. The molecule has 3 fully saturated rings. The Bertz CT molecular complexity index is 672. The van der Waals surface area contributed by atoms with Crippen molar-refractivity contribution in [2.75, 3.05) is 13.2 Å². The molecule has 0 radical (unpaired) electrons.